The van der Waals surface area contributed by atoms with E-state index in [1.165, 1.54) is 36.9 Å². The lowest BCUT2D eigenvalue weighted by Gasteiger charge is -2.12. The molecule has 4 heterocycles. The molecule has 1 aliphatic carbocycles. The minimum atomic E-state index is -1.40. The molecule has 0 aromatic carbocycles. The van der Waals surface area contributed by atoms with Crippen LogP contribution >= 0.6 is 11.6 Å². The Labute approximate surface area is 206 Å². The van der Waals surface area contributed by atoms with Gasteiger partial charge in [-0.1, -0.05) is 11.6 Å². The van der Waals surface area contributed by atoms with E-state index >= 15 is 4.39 Å². The molecule has 4 aromatic rings. The maximum Gasteiger partial charge on any atom is 0.341 e. The average molecular weight is 510 g/mol. The van der Waals surface area contributed by atoms with Crippen LogP contribution in [-0.2, 0) is 0 Å². The van der Waals surface area contributed by atoms with Crippen LogP contribution < -0.4 is 10.9 Å². The van der Waals surface area contributed by atoms with Crippen molar-refractivity contribution in [1.82, 2.24) is 29.7 Å². The first kappa shape index (κ1) is 23.3. The lowest BCUT2D eigenvalue weighted by Crippen LogP contribution is -2.20. The summed E-state index contributed by atoms with van der Waals surface area (Å²) in [4.78, 5) is 44.5. The molecule has 1 saturated carbocycles. The molecule has 0 spiro atoms. The van der Waals surface area contributed by atoms with Crippen molar-refractivity contribution in [1.29, 1.82) is 0 Å². The van der Waals surface area contributed by atoms with Gasteiger partial charge in [0.05, 0.1) is 22.9 Å². The molecule has 11 nitrogen and oxygen atoms in total. The minimum absolute atomic E-state index is 0.0253. The van der Waals surface area contributed by atoms with E-state index in [2.05, 4.69) is 25.6 Å². The van der Waals surface area contributed by atoms with Gasteiger partial charge in [-0.25, -0.2) is 19.6 Å². The third kappa shape index (κ3) is 4.11. The normalized spacial score (nSPS) is 13.4. The van der Waals surface area contributed by atoms with Crippen molar-refractivity contribution >= 4 is 40.7 Å². The standard InChI is InChI=1S/C23H17ClFN7O4/c1-11-15(9-27-29-22(34)12-4-6-26-7-5-12)19(24)32(30-11)21-17(25)8-14-18(33)16(23(35)36)10-31(13-2-3-13)20(14)28-21/h4-10,13H,2-3H2,1H3,(H,29,34)(H,35,36)/b27-9+. The first-order valence-corrected chi connectivity index (χ1v) is 11.1. The largest absolute Gasteiger partial charge is 0.477 e. The molecule has 13 heteroatoms. The molecule has 0 radical (unpaired) electrons. The number of carbonyl (C=O) groups is 2. The molecule has 1 fully saturated rings. The number of carboxylic acid groups (broad SMARTS) is 1. The molecule has 0 atom stereocenters. The summed E-state index contributed by atoms with van der Waals surface area (Å²) in [7, 11) is 0. The second-order valence-electron chi connectivity index (χ2n) is 8.12. The van der Waals surface area contributed by atoms with E-state index < -0.39 is 28.7 Å². The predicted octanol–water partition coefficient (Wildman–Crippen LogP) is 2.88. The summed E-state index contributed by atoms with van der Waals surface area (Å²) in [6.45, 7) is 1.62. The molecule has 0 saturated heterocycles. The molecule has 1 aliphatic rings. The van der Waals surface area contributed by atoms with Crippen LogP contribution in [-0.4, -0.2) is 47.5 Å². The number of aryl methyl sites for hydroxylation is 1. The van der Waals surface area contributed by atoms with Crippen LogP contribution in [0.15, 0.2) is 46.7 Å². The summed E-state index contributed by atoms with van der Waals surface area (Å²) in [6, 6.07) is 3.95. The predicted molar refractivity (Wildman–Crippen MR) is 127 cm³/mol. The highest BCUT2D eigenvalue weighted by Gasteiger charge is 2.29. The number of amides is 1. The van der Waals surface area contributed by atoms with Gasteiger partial charge in [-0.2, -0.15) is 14.9 Å². The Morgan fingerprint density at radius 1 is 1.31 bits per heavy atom. The van der Waals surface area contributed by atoms with Crippen LogP contribution in [0.3, 0.4) is 0 Å². The second kappa shape index (κ2) is 8.96. The maximum atomic E-state index is 15.2. The van der Waals surface area contributed by atoms with E-state index in [0.717, 1.165) is 23.6 Å². The van der Waals surface area contributed by atoms with E-state index in [1.54, 1.807) is 11.5 Å². The molecular weight excluding hydrogens is 493 g/mol. The molecule has 182 valence electrons. The Balaban J connectivity index is 1.54. The van der Waals surface area contributed by atoms with Crippen LogP contribution in [0.25, 0.3) is 16.9 Å². The maximum absolute atomic E-state index is 15.2. The zero-order valence-electron chi connectivity index (χ0n) is 18.6. The molecule has 1 amide bonds. The summed E-state index contributed by atoms with van der Waals surface area (Å²) < 4.78 is 17.8. The third-order valence-electron chi connectivity index (χ3n) is 5.66. The number of nitrogens with one attached hydrogen (secondary N) is 1. The highest BCUT2D eigenvalue weighted by molar-refractivity contribution is 6.32. The van der Waals surface area contributed by atoms with Crippen molar-refractivity contribution in [3.05, 3.63) is 80.4 Å². The van der Waals surface area contributed by atoms with Crippen LogP contribution in [0.2, 0.25) is 5.15 Å². The fourth-order valence-corrected chi connectivity index (χ4v) is 3.99. The number of rotatable bonds is 6. The summed E-state index contributed by atoms with van der Waals surface area (Å²) in [5, 5.41) is 17.4. The van der Waals surface area contributed by atoms with Gasteiger partial charge >= 0.3 is 5.97 Å². The zero-order valence-corrected chi connectivity index (χ0v) is 19.4. The lowest BCUT2D eigenvalue weighted by molar-refractivity contribution is 0.0694. The number of halogens is 2. The molecule has 0 bridgehead atoms. The van der Waals surface area contributed by atoms with Gasteiger partial charge < -0.3 is 9.67 Å². The molecular formula is C23H17ClFN7O4. The molecule has 0 aliphatic heterocycles. The summed E-state index contributed by atoms with van der Waals surface area (Å²) in [5.74, 6) is -3.04. The summed E-state index contributed by atoms with van der Waals surface area (Å²) >= 11 is 6.47. The fraction of sp³-hybridized carbons (Fsp3) is 0.174. The van der Waals surface area contributed by atoms with E-state index in [0.29, 0.717) is 16.8 Å². The molecule has 5 rings (SSSR count). The number of hydrogen-bond acceptors (Lipinski definition) is 7. The van der Waals surface area contributed by atoms with Crippen LogP contribution in [0, 0.1) is 12.7 Å². The van der Waals surface area contributed by atoms with E-state index in [-0.39, 0.29) is 28.0 Å². The van der Waals surface area contributed by atoms with Crippen molar-refractivity contribution in [2.24, 2.45) is 5.10 Å². The van der Waals surface area contributed by atoms with Crippen LogP contribution in [0.1, 0.15) is 50.9 Å². The molecule has 36 heavy (non-hydrogen) atoms. The SMILES string of the molecule is Cc1nn(-c2nc3c(cc2F)c(=O)c(C(=O)O)cn3C2CC2)c(Cl)c1/C=N/NC(=O)c1ccncc1. The lowest BCUT2D eigenvalue weighted by atomic mass is 10.2. The summed E-state index contributed by atoms with van der Waals surface area (Å²) in [5.41, 5.74) is 2.27. The van der Waals surface area contributed by atoms with Gasteiger partial charge in [-0.15, -0.1) is 0 Å². The Bertz CT molecular complexity index is 1630. The van der Waals surface area contributed by atoms with E-state index in [9.17, 15) is 19.5 Å². The number of carboxylic acids is 1. The topological polar surface area (TPSA) is 144 Å². The third-order valence-corrected chi connectivity index (χ3v) is 6.02. The highest BCUT2D eigenvalue weighted by Crippen LogP contribution is 2.37. The Morgan fingerprint density at radius 2 is 2.03 bits per heavy atom. The quantitative estimate of drug-likeness (QED) is 0.300. The van der Waals surface area contributed by atoms with Gasteiger partial charge in [0.15, 0.2) is 11.6 Å². The van der Waals surface area contributed by atoms with Crippen molar-refractivity contribution in [3.63, 3.8) is 0 Å². The number of hydrazone groups is 1. The van der Waals surface area contributed by atoms with Crippen LogP contribution in [0.5, 0.6) is 0 Å². The van der Waals surface area contributed by atoms with Crippen molar-refractivity contribution in [2.75, 3.05) is 0 Å². The van der Waals surface area contributed by atoms with Gasteiger partial charge in [0.1, 0.15) is 16.4 Å². The summed E-state index contributed by atoms with van der Waals surface area (Å²) in [6.07, 6.45) is 7.01. The zero-order chi connectivity index (χ0) is 25.6. The van der Waals surface area contributed by atoms with Crippen molar-refractivity contribution in [3.8, 4) is 5.82 Å². The molecule has 0 unspecified atom stereocenters. The first-order valence-electron chi connectivity index (χ1n) is 10.7. The number of hydrogen-bond donors (Lipinski definition) is 2. The number of carbonyl (C=O) groups excluding carboxylic acids is 1. The smallest absolute Gasteiger partial charge is 0.341 e. The molecule has 2 N–H and O–H groups in total. The van der Waals surface area contributed by atoms with E-state index in [4.69, 9.17) is 11.6 Å². The number of aromatic carboxylic acids is 1. The Morgan fingerprint density at radius 3 is 2.69 bits per heavy atom. The average Bonchev–Trinajstić information content (AvgIpc) is 3.66. The van der Waals surface area contributed by atoms with Gasteiger partial charge in [0, 0.05) is 30.2 Å². The first-order chi connectivity index (χ1) is 17.3. The van der Waals surface area contributed by atoms with Gasteiger partial charge in [-0.3, -0.25) is 14.6 Å². The van der Waals surface area contributed by atoms with Crippen molar-refractivity contribution < 1.29 is 19.1 Å². The number of fused-ring (bicyclic) bond motifs is 1. The minimum Gasteiger partial charge on any atom is -0.477 e. The monoisotopic (exact) mass is 509 g/mol. The van der Waals surface area contributed by atoms with Crippen LogP contribution in [0.4, 0.5) is 4.39 Å². The fourth-order valence-electron chi connectivity index (χ4n) is 3.69. The Kier molecular flexibility index (Phi) is 5.80. The van der Waals surface area contributed by atoms with Gasteiger partial charge in [-0.05, 0) is 38.0 Å². The number of nitrogens with zero attached hydrogens (tertiary/aromatic N) is 6. The number of aromatic nitrogens is 5. The number of pyridine rings is 3. The Hall–Kier alpha value is -4.45. The van der Waals surface area contributed by atoms with Gasteiger partial charge in [0.25, 0.3) is 5.91 Å². The van der Waals surface area contributed by atoms with Crippen molar-refractivity contribution in [2.45, 2.75) is 25.8 Å². The highest BCUT2D eigenvalue weighted by atomic mass is 35.5. The van der Waals surface area contributed by atoms with E-state index in [1.807, 2.05) is 0 Å². The van der Waals surface area contributed by atoms with Gasteiger partial charge in [0.2, 0.25) is 5.43 Å². The second-order valence-corrected chi connectivity index (χ2v) is 8.48. The molecule has 4 aromatic heterocycles.